The lowest BCUT2D eigenvalue weighted by Crippen LogP contribution is -2.07. The fourth-order valence-corrected chi connectivity index (χ4v) is 1.000. The number of hydrogen-bond acceptors (Lipinski definition) is 1. The summed E-state index contributed by atoms with van der Waals surface area (Å²) in [6.45, 7) is 0. The van der Waals surface area contributed by atoms with E-state index in [0.29, 0.717) is 10.9 Å². The van der Waals surface area contributed by atoms with Crippen molar-refractivity contribution < 1.29 is 4.39 Å². The molecule has 0 unspecified atom stereocenters. The SMILES string of the molecule is [B]c1ccc2[nH]ncc2c1F. The van der Waals surface area contributed by atoms with Crippen molar-refractivity contribution in [3.05, 3.63) is 24.1 Å². The van der Waals surface area contributed by atoms with Crippen LogP contribution in [0.2, 0.25) is 0 Å². The highest BCUT2D eigenvalue weighted by molar-refractivity contribution is 6.33. The Hall–Kier alpha value is -1.32. The molecule has 0 saturated carbocycles. The first-order chi connectivity index (χ1) is 5.29. The van der Waals surface area contributed by atoms with Crippen molar-refractivity contribution in [3.63, 3.8) is 0 Å². The second kappa shape index (κ2) is 2.08. The van der Waals surface area contributed by atoms with Gasteiger partial charge >= 0.3 is 0 Å². The number of aromatic amines is 1. The predicted molar refractivity (Wildman–Crippen MR) is 41.4 cm³/mol. The summed E-state index contributed by atoms with van der Waals surface area (Å²) < 4.78 is 13.0. The van der Waals surface area contributed by atoms with Crippen LogP contribution in [0.1, 0.15) is 0 Å². The van der Waals surface area contributed by atoms with Crippen LogP contribution in [-0.4, -0.2) is 18.0 Å². The summed E-state index contributed by atoms with van der Waals surface area (Å²) in [7, 11) is 5.33. The molecule has 0 bridgehead atoms. The van der Waals surface area contributed by atoms with Gasteiger partial charge in [-0.3, -0.25) is 5.10 Å². The first-order valence-corrected chi connectivity index (χ1v) is 3.16. The summed E-state index contributed by atoms with van der Waals surface area (Å²) in [5, 5.41) is 6.76. The van der Waals surface area contributed by atoms with E-state index in [1.165, 1.54) is 12.3 Å². The molecule has 0 aliphatic heterocycles. The number of nitrogens with zero attached hydrogens (tertiary/aromatic N) is 1. The molecule has 0 atom stereocenters. The van der Waals surface area contributed by atoms with Gasteiger partial charge < -0.3 is 0 Å². The molecule has 1 aromatic carbocycles. The Morgan fingerprint density at radius 3 is 3.09 bits per heavy atom. The number of rotatable bonds is 0. The average molecular weight is 146 g/mol. The van der Waals surface area contributed by atoms with Crippen LogP contribution in [0.25, 0.3) is 10.9 Å². The number of hydrogen-bond donors (Lipinski definition) is 1. The van der Waals surface area contributed by atoms with Gasteiger partial charge in [0.1, 0.15) is 13.7 Å². The normalized spacial score (nSPS) is 10.6. The van der Waals surface area contributed by atoms with Crippen LogP contribution in [0.5, 0.6) is 0 Å². The number of benzene rings is 1. The molecule has 2 aromatic rings. The summed E-state index contributed by atoms with van der Waals surface area (Å²) >= 11 is 0. The quantitative estimate of drug-likeness (QED) is 0.538. The lowest BCUT2D eigenvalue weighted by molar-refractivity contribution is 0.648. The Balaban J connectivity index is 2.93. The highest BCUT2D eigenvalue weighted by Crippen LogP contribution is 2.11. The average Bonchev–Trinajstić information content (AvgIpc) is 2.45. The van der Waals surface area contributed by atoms with Crippen LogP contribution in [0.4, 0.5) is 4.39 Å². The summed E-state index contributed by atoms with van der Waals surface area (Å²) in [6.07, 6.45) is 1.42. The third-order valence-corrected chi connectivity index (χ3v) is 1.59. The van der Waals surface area contributed by atoms with Gasteiger partial charge in [-0.05, 0) is 6.07 Å². The molecule has 0 fully saturated rings. The van der Waals surface area contributed by atoms with E-state index in [-0.39, 0.29) is 5.46 Å². The first kappa shape index (κ1) is 6.40. The third-order valence-electron chi connectivity index (χ3n) is 1.59. The topological polar surface area (TPSA) is 28.7 Å². The third kappa shape index (κ3) is 0.825. The first-order valence-electron chi connectivity index (χ1n) is 3.16. The smallest absolute Gasteiger partial charge is 0.127 e. The lowest BCUT2D eigenvalue weighted by Gasteiger charge is -1.95. The predicted octanol–water partition coefficient (Wildman–Crippen LogP) is 0.496. The van der Waals surface area contributed by atoms with Crippen molar-refractivity contribution in [2.24, 2.45) is 0 Å². The summed E-state index contributed by atoms with van der Waals surface area (Å²) in [4.78, 5) is 0. The molecule has 1 aromatic heterocycles. The molecule has 2 nitrogen and oxygen atoms in total. The number of fused-ring (bicyclic) bond motifs is 1. The molecule has 2 radical (unpaired) electrons. The van der Waals surface area contributed by atoms with Crippen LogP contribution in [0, 0.1) is 5.82 Å². The molecule has 0 amide bonds. The molecule has 4 heteroatoms. The van der Waals surface area contributed by atoms with Gasteiger partial charge in [0.15, 0.2) is 0 Å². The second-order valence-corrected chi connectivity index (χ2v) is 2.30. The monoisotopic (exact) mass is 146 g/mol. The van der Waals surface area contributed by atoms with Gasteiger partial charge in [0.2, 0.25) is 0 Å². The molecule has 0 aliphatic rings. The van der Waals surface area contributed by atoms with Gasteiger partial charge in [0.25, 0.3) is 0 Å². The summed E-state index contributed by atoms with van der Waals surface area (Å²) in [6, 6.07) is 3.20. The molecule has 1 N–H and O–H groups in total. The van der Waals surface area contributed by atoms with Crippen LogP contribution in [-0.2, 0) is 0 Å². The Morgan fingerprint density at radius 2 is 2.27 bits per heavy atom. The van der Waals surface area contributed by atoms with Crippen molar-refractivity contribution in [1.82, 2.24) is 10.2 Å². The Bertz CT molecular complexity index is 396. The van der Waals surface area contributed by atoms with Gasteiger partial charge in [-0.15, -0.1) is 0 Å². The van der Waals surface area contributed by atoms with E-state index in [1.54, 1.807) is 6.07 Å². The van der Waals surface area contributed by atoms with Crippen molar-refractivity contribution in [1.29, 1.82) is 0 Å². The van der Waals surface area contributed by atoms with Gasteiger partial charge in [-0.1, -0.05) is 11.5 Å². The Labute approximate surface area is 63.8 Å². The standard InChI is InChI=1S/C7H4BFN2/c8-5-1-2-6-4(7(5)9)3-10-11-6/h1-3H,(H,10,11). The largest absolute Gasteiger partial charge is 0.278 e. The fraction of sp³-hybridized carbons (Fsp3) is 0. The Kier molecular flexibility index (Phi) is 1.21. The molecular weight excluding hydrogens is 142 g/mol. The zero-order valence-corrected chi connectivity index (χ0v) is 5.63. The minimum absolute atomic E-state index is 0.152. The highest BCUT2D eigenvalue weighted by atomic mass is 19.1. The summed E-state index contributed by atoms with van der Waals surface area (Å²) in [5.41, 5.74) is 0.815. The van der Waals surface area contributed by atoms with Crippen molar-refractivity contribution in [2.75, 3.05) is 0 Å². The van der Waals surface area contributed by atoms with Gasteiger partial charge in [-0.2, -0.15) is 5.10 Å². The fourth-order valence-electron chi connectivity index (χ4n) is 1.000. The van der Waals surface area contributed by atoms with Gasteiger partial charge in [-0.25, -0.2) is 4.39 Å². The zero-order chi connectivity index (χ0) is 7.84. The lowest BCUT2D eigenvalue weighted by atomic mass is 9.94. The van der Waals surface area contributed by atoms with Crippen LogP contribution < -0.4 is 5.46 Å². The number of halogens is 1. The Morgan fingerprint density at radius 1 is 1.45 bits per heavy atom. The summed E-state index contributed by atoms with van der Waals surface area (Å²) in [5.74, 6) is -0.406. The minimum Gasteiger partial charge on any atom is -0.278 e. The van der Waals surface area contributed by atoms with Crippen molar-refractivity contribution >= 4 is 24.2 Å². The highest BCUT2D eigenvalue weighted by Gasteiger charge is 2.03. The molecule has 52 valence electrons. The maximum atomic E-state index is 13.0. The van der Waals surface area contributed by atoms with Gasteiger partial charge in [0, 0.05) is 0 Å². The van der Waals surface area contributed by atoms with Gasteiger partial charge in [0.05, 0.1) is 17.1 Å². The molecule has 0 saturated heterocycles. The molecule has 0 spiro atoms. The van der Waals surface area contributed by atoms with Crippen LogP contribution in [0.3, 0.4) is 0 Å². The minimum atomic E-state index is -0.406. The van der Waals surface area contributed by atoms with E-state index in [1.807, 2.05) is 0 Å². The maximum Gasteiger partial charge on any atom is 0.127 e. The maximum absolute atomic E-state index is 13.0. The molecule has 11 heavy (non-hydrogen) atoms. The van der Waals surface area contributed by atoms with E-state index < -0.39 is 5.82 Å². The van der Waals surface area contributed by atoms with E-state index in [0.717, 1.165) is 0 Å². The molecule has 2 rings (SSSR count). The van der Waals surface area contributed by atoms with E-state index >= 15 is 0 Å². The molecular formula is C7H4BFN2. The number of aromatic nitrogens is 2. The van der Waals surface area contributed by atoms with E-state index in [2.05, 4.69) is 10.2 Å². The van der Waals surface area contributed by atoms with Crippen LogP contribution >= 0.6 is 0 Å². The van der Waals surface area contributed by atoms with Crippen molar-refractivity contribution in [2.45, 2.75) is 0 Å². The van der Waals surface area contributed by atoms with E-state index in [4.69, 9.17) is 7.85 Å². The van der Waals surface area contributed by atoms with Crippen molar-refractivity contribution in [3.8, 4) is 0 Å². The number of H-pyrrole nitrogens is 1. The molecule has 0 aliphatic carbocycles. The zero-order valence-electron chi connectivity index (χ0n) is 5.63. The number of nitrogens with one attached hydrogen (secondary N) is 1. The van der Waals surface area contributed by atoms with Crippen LogP contribution in [0.15, 0.2) is 18.3 Å². The second-order valence-electron chi connectivity index (χ2n) is 2.30. The van der Waals surface area contributed by atoms with E-state index in [9.17, 15) is 4.39 Å². The molecule has 1 heterocycles.